The SMILES string of the molecule is COc1ccc(CC(O)c2cccc(C)n2)cc1Br. The van der Waals surface area contributed by atoms with Gasteiger partial charge in [-0.3, -0.25) is 4.98 Å². The second-order valence-electron chi connectivity index (χ2n) is 4.39. The summed E-state index contributed by atoms with van der Waals surface area (Å²) in [5.41, 5.74) is 2.64. The van der Waals surface area contributed by atoms with Crippen LogP contribution >= 0.6 is 15.9 Å². The molecule has 0 fully saturated rings. The third-order valence-electron chi connectivity index (χ3n) is 2.90. The average Bonchev–Trinajstić information content (AvgIpc) is 2.39. The first-order valence-electron chi connectivity index (χ1n) is 6.04. The summed E-state index contributed by atoms with van der Waals surface area (Å²) < 4.78 is 6.07. The highest BCUT2D eigenvalue weighted by atomic mass is 79.9. The largest absolute Gasteiger partial charge is 0.496 e. The van der Waals surface area contributed by atoms with Crippen molar-refractivity contribution < 1.29 is 9.84 Å². The van der Waals surface area contributed by atoms with E-state index in [1.54, 1.807) is 7.11 Å². The van der Waals surface area contributed by atoms with Gasteiger partial charge in [-0.2, -0.15) is 0 Å². The number of benzene rings is 1. The zero-order valence-electron chi connectivity index (χ0n) is 10.9. The van der Waals surface area contributed by atoms with Crippen LogP contribution in [0.2, 0.25) is 0 Å². The van der Waals surface area contributed by atoms with Gasteiger partial charge in [-0.05, 0) is 52.7 Å². The quantitative estimate of drug-likeness (QED) is 0.938. The van der Waals surface area contributed by atoms with Crippen molar-refractivity contribution in [1.29, 1.82) is 0 Å². The summed E-state index contributed by atoms with van der Waals surface area (Å²) in [6, 6.07) is 11.5. The molecular weight excluding hydrogens is 306 g/mol. The summed E-state index contributed by atoms with van der Waals surface area (Å²) in [4.78, 5) is 4.34. The summed E-state index contributed by atoms with van der Waals surface area (Å²) in [5.74, 6) is 0.784. The predicted octanol–water partition coefficient (Wildman–Crippen LogP) is 3.44. The Labute approximate surface area is 121 Å². The molecule has 0 amide bonds. The van der Waals surface area contributed by atoms with Gasteiger partial charge in [0, 0.05) is 12.1 Å². The predicted molar refractivity (Wildman–Crippen MR) is 78.3 cm³/mol. The molecule has 0 spiro atoms. The molecule has 0 saturated heterocycles. The molecule has 0 saturated carbocycles. The van der Waals surface area contributed by atoms with E-state index < -0.39 is 6.10 Å². The number of nitrogens with zero attached hydrogens (tertiary/aromatic N) is 1. The van der Waals surface area contributed by atoms with Crippen molar-refractivity contribution in [2.24, 2.45) is 0 Å². The molecule has 2 aromatic rings. The van der Waals surface area contributed by atoms with E-state index >= 15 is 0 Å². The molecule has 100 valence electrons. The summed E-state index contributed by atoms with van der Waals surface area (Å²) in [6.45, 7) is 1.92. The Bertz CT molecular complexity index is 572. The Kier molecular flexibility index (Phi) is 4.56. The van der Waals surface area contributed by atoms with Gasteiger partial charge in [-0.15, -0.1) is 0 Å². The molecular formula is C15H16BrNO2. The number of pyridine rings is 1. The third kappa shape index (κ3) is 3.55. The number of halogens is 1. The molecule has 4 heteroatoms. The highest BCUT2D eigenvalue weighted by molar-refractivity contribution is 9.10. The second kappa shape index (κ2) is 6.17. The van der Waals surface area contributed by atoms with Gasteiger partial charge in [-0.25, -0.2) is 0 Å². The lowest BCUT2D eigenvalue weighted by atomic mass is 10.0. The van der Waals surface area contributed by atoms with Crippen LogP contribution in [0.25, 0.3) is 0 Å². The van der Waals surface area contributed by atoms with Crippen molar-refractivity contribution in [3.05, 3.63) is 57.8 Å². The highest BCUT2D eigenvalue weighted by Gasteiger charge is 2.11. The van der Waals surface area contributed by atoms with Crippen LogP contribution in [-0.4, -0.2) is 17.2 Å². The monoisotopic (exact) mass is 321 g/mol. The van der Waals surface area contributed by atoms with E-state index in [0.717, 1.165) is 21.5 Å². The Morgan fingerprint density at radius 3 is 2.74 bits per heavy atom. The minimum Gasteiger partial charge on any atom is -0.496 e. The van der Waals surface area contributed by atoms with Gasteiger partial charge in [-0.1, -0.05) is 12.1 Å². The number of aliphatic hydroxyl groups is 1. The van der Waals surface area contributed by atoms with E-state index in [4.69, 9.17) is 4.74 Å². The lowest BCUT2D eigenvalue weighted by Gasteiger charge is -2.12. The van der Waals surface area contributed by atoms with Crippen LogP contribution < -0.4 is 4.74 Å². The minimum atomic E-state index is -0.597. The van der Waals surface area contributed by atoms with Gasteiger partial charge in [0.05, 0.1) is 23.4 Å². The fourth-order valence-corrected chi connectivity index (χ4v) is 2.50. The van der Waals surface area contributed by atoms with Crippen molar-refractivity contribution in [2.75, 3.05) is 7.11 Å². The van der Waals surface area contributed by atoms with Gasteiger partial charge in [0.1, 0.15) is 5.75 Å². The normalized spacial score (nSPS) is 12.2. The first-order chi connectivity index (χ1) is 9.10. The molecule has 1 aromatic carbocycles. The maximum absolute atomic E-state index is 10.2. The molecule has 1 unspecified atom stereocenters. The fourth-order valence-electron chi connectivity index (χ4n) is 1.91. The van der Waals surface area contributed by atoms with Crippen LogP contribution in [0.1, 0.15) is 23.1 Å². The summed E-state index contributed by atoms with van der Waals surface area (Å²) in [6.07, 6.45) is -0.0702. The molecule has 1 atom stereocenters. The average molecular weight is 322 g/mol. The van der Waals surface area contributed by atoms with E-state index in [0.29, 0.717) is 12.1 Å². The zero-order chi connectivity index (χ0) is 13.8. The molecule has 0 bridgehead atoms. The number of aromatic nitrogens is 1. The van der Waals surface area contributed by atoms with E-state index in [9.17, 15) is 5.11 Å². The molecule has 0 radical (unpaired) electrons. The van der Waals surface area contributed by atoms with Crippen molar-refractivity contribution in [1.82, 2.24) is 4.98 Å². The van der Waals surface area contributed by atoms with Crippen LogP contribution in [0.5, 0.6) is 5.75 Å². The zero-order valence-corrected chi connectivity index (χ0v) is 12.5. The van der Waals surface area contributed by atoms with E-state index in [1.807, 2.05) is 43.3 Å². The van der Waals surface area contributed by atoms with E-state index in [1.165, 1.54) is 0 Å². The summed E-state index contributed by atoms with van der Waals surface area (Å²) in [7, 11) is 1.63. The number of methoxy groups -OCH3 is 1. The maximum atomic E-state index is 10.2. The number of hydrogen-bond donors (Lipinski definition) is 1. The fraction of sp³-hybridized carbons (Fsp3) is 0.267. The second-order valence-corrected chi connectivity index (χ2v) is 5.25. The van der Waals surface area contributed by atoms with Gasteiger partial charge in [0.15, 0.2) is 0 Å². The first kappa shape index (κ1) is 14.0. The highest BCUT2D eigenvalue weighted by Crippen LogP contribution is 2.27. The van der Waals surface area contributed by atoms with Gasteiger partial charge in [0.2, 0.25) is 0 Å². The van der Waals surface area contributed by atoms with Crippen LogP contribution in [0.15, 0.2) is 40.9 Å². The topological polar surface area (TPSA) is 42.4 Å². The van der Waals surface area contributed by atoms with Crippen molar-refractivity contribution >= 4 is 15.9 Å². The number of aryl methyl sites for hydroxylation is 1. The molecule has 19 heavy (non-hydrogen) atoms. The Hall–Kier alpha value is -1.39. The molecule has 3 nitrogen and oxygen atoms in total. The number of rotatable bonds is 4. The van der Waals surface area contributed by atoms with Gasteiger partial charge < -0.3 is 9.84 Å². The molecule has 1 aromatic heterocycles. The number of hydrogen-bond acceptors (Lipinski definition) is 3. The Balaban J connectivity index is 2.14. The van der Waals surface area contributed by atoms with Crippen LogP contribution in [0, 0.1) is 6.92 Å². The Morgan fingerprint density at radius 1 is 1.32 bits per heavy atom. The summed E-state index contributed by atoms with van der Waals surface area (Å²) in [5, 5.41) is 10.2. The van der Waals surface area contributed by atoms with Crippen LogP contribution in [0.4, 0.5) is 0 Å². The van der Waals surface area contributed by atoms with E-state index in [-0.39, 0.29) is 0 Å². The molecule has 2 rings (SSSR count). The maximum Gasteiger partial charge on any atom is 0.133 e. The van der Waals surface area contributed by atoms with E-state index in [2.05, 4.69) is 20.9 Å². The van der Waals surface area contributed by atoms with Crippen molar-refractivity contribution in [3.63, 3.8) is 0 Å². The number of aliphatic hydroxyl groups excluding tert-OH is 1. The smallest absolute Gasteiger partial charge is 0.133 e. The number of ether oxygens (including phenoxy) is 1. The van der Waals surface area contributed by atoms with Crippen LogP contribution in [0.3, 0.4) is 0 Å². The lowest BCUT2D eigenvalue weighted by Crippen LogP contribution is -2.05. The molecule has 0 aliphatic rings. The van der Waals surface area contributed by atoms with Crippen molar-refractivity contribution in [3.8, 4) is 5.75 Å². The standard InChI is InChI=1S/C15H16BrNO2/c1-10-4-3-5-13(17-10)14(18)9-11-6-7-15(19-2)12(16)8-11/h3-8,14,18H,9H2,1-2H3. The molecule has 1 heterocycles. The lowest BCUT2D eigenvalue weighted by molar-refractivity contribution is 0.173. The minimum absolute atomic E-state index is 0.527. The van der Waals surface area contributed by atoms with Crippen LogP contribution in [-0.2, 0) is 6.42 Å². The Morgan fingerprint density at radius 2 is 2.11 bits per heavy atom. The molecule has 1 N–H and O–H groups in total. The molecule has 0 aliphatic carbocycles. The summed E-state index contributed by atoms with van der Waals surface area (Å²) >= 11 is 3.44. The van der Waals surface area contributed by atoms with Crippen molar-refractivity contribution in [2.45, 2.75) is 19.4 Å². The first-order valence-corrected chi connectivity index (χ1v) is 6.83. The molecule has 0 aliphatic heterocycles. The van der Waals surface area contributed by atoms with Gasteiger partial charge in [0.25, 0.3) is 0 Å². The van der Waals surface area contributed by atoms with Gasteiger partial charge >= 0.3 is 0 Å². The third-order valence-corrected chi connectivity index (χ3v) is 3.52.